The van der Waals surface area contributed by atoms with Crippen LogP contribution in [-0.4, -0.2) is 256 Å². The van der Waals surface area contributed by atoms with Crippen molar-refractivity contribution in [1.29, 1.82) is 0 Å². The highest BCUT2D eigenvalue weighted by Gasteiger charge is 2.49. The van der Waals surface area contributed by atoms with E-state index in [2.05, 4.69) is 31.9 Å². The number of aliphatic carboxylic acids is 1. The summed E-state index contributed by atoms with van der Waals surface area (Å²) in [6.07, 6.45) is -14.1. The van der Waals surface area contributed by atoms with Gasteiger partial charge in [-0.05, 0) is 66.7 Å². The van der Waals surface area contributed by atoms with Crippen LogP contribution < -0.4 is 31.9 Å². The molecule has 0 spiro atoms. The van der Waals surface area contributed by atoms with Gasteiger partial charge in [0.1, 0.15) is 55.6 Å². The van der Waals surface area contributed by atoms with E-state index in [9.17, 15) is 83.1 Å². The Kier molecular flexibility index (Phi) is 32.0. The number of anilines is 1. The first-order chi connectivity index (χ1) is 48.5. The van der Waals surface area contributed by atoms with Crippen LogP contribution in [0, 0.1) is 29.6 Å². The summed E-state index contributed by atoms with van der Waals surface area (Å²) < 4.78 is 36.1. The third-order valence-electron chi connectivity index (χ3n) is 18.8. The molecule has 2 aromatic rings. The van der Waals surface area contributed by atoms with Crippen LogP contribution in [0.15, 0.2) is 54.6 Å². The van der Waals surface area contributed by atoms with Gasteiger partial charge in [-0.25, -0.2) is 9.59 Å². The van der Waals surface area contributed by atoms with Crippen LogP contribution in [-0.2, 0) is 83.0 Å². The lowest BCUT2D eigenvalue weighted by Gasteiger charge is -2.41. The number of nitrogens with zero attached hydrogens (tertiary/aromatic N) is 4. The summed E-state index contributed by atoms with van der Waals surface area (Å²) in [5.74, 6) is -11.0. The molecule has 32 nitrogen and oxygen atoms in total. The predicted octanol–water partition coefficient (Wildman–Crippen LogP) is 0.707. The molecule has 102 heavy (non-hydrogen) atoms. The second kappa shape index (κ2) is 39.4. The third kappa shape index (κ3) is 22.6. The lowest BCUT2D eigenvalue weighted by Crippen LogP contribution is -2.61. The molecule has 5 rings (SSSR count). The van der Waals surface area contributed by atoms with E-state index in [0.717, 1.165) is 4.90 Å². The maximum atomic E-state index is 14.9. The summed E-state index contributed by atoms with van der Waals surface area (Å²) in [5.41, 5.74) is 1.15. The molecule has 0 saturated carbocycles. The van der Waals surface area contributed by atoms with Crippen molar-refractivity contribution in [3.63, 3.8) is 0 Å². The van der Waals surface area contributed by atoms with Crippen LogP contribution in [0.5, 0.6) is 0 Å². The number of hydrogen-bond donors (Lipinski definition) is 11. The lowest BCUT2D eigenvalue weighted by molar-refractivity contribution is -0.294. The number of ether oxygens (including phenoxy) is 5. The molecule has 2 aromatic carbocycles. The van der Waals surface area contributed by atoms with Crippen molar-refractivity contribution in [3.05, 3.63) is 65.7 Å². The summed E-state index contributed by atoms with van der Waals surface area (Å²) in [7, 11) is 5.94. The number of amides is 11. The molecule has 0 aromatic heterocycles. The zero-order valence-corrected chi connectivity index (χ0v) is 60.6. The summed E-state index contributed by atoms with van der Waals surface area (Å²) in [4.78, 5) is 166. The summed E-state index contributed by atoms with van der Waals surface area (Å²) in [6.45, 7) is 15.6. The number of carboxylic acid groups (broad SMARTS) is 1. The molecule has 0 aliphatic carbocycles. The predicted molar refractivity (Wildman–Crippen MR) is 366 cm³/mol. The Bertz CT molecular complexity index is 3240. The molecule has 11 amide bonds. The van der Waals surface area contributed by atoms with Crippen LogP contribution in [0.2, 0.25) is 0 Å². The van der Waals surface area contributed by atoms with Gasteiger partial charge in [-0.15, -0.1) is 0 Å². The number of likely N-dealkylation sites (N-methyl/N-ethyl adjacent to an activating group) is 2. The van der Waals surface area contributed by atoms with Crippen molar-refractivity contribution in [2.45, 2.75) is 212 Å². The van der Waals surface area contributed by atoms with E-state index in [1.165, 1.54) is 50.4 Å². The molecule has 32 heteroatoms. The molecular weight excluding hydrogens is 1330 g/mol. The Labute approximate surface area is 596 Å². The maximum absolute atomic E-state index is 14.9. The van der Waals surface area contributed by atoms with E-state index >= 15 is 0 Å². The smallest absolute Gasteiger partial charge is 0.410 e. The second-order valence-electron chi connectivity index (χ2n) is 27.3. The Balaban J connectivity index is 1.22. The molecule has 3 heterocycles. The van der Waals surface area contributed by atoms with Crippen LogP contribution >= 0.6 is 0 Å². The molecule has 568 valence electrons. The van der Waals surface area contributed by atoms with E-state index in [-0.39, 0.29) is 49.4 Å². The van der Waals surface area contributed by atoms with Gasteiger partial charge in [0.05, 0.1) is 55.4 Å². The fraction of sp³-hybridized carbons (Fsp3) is 0.657. The molecule has 3 aliphatic rings. The Morgan fingerprint density at radius 1 is 0.735 bits per heavy atom. The number of rotatable bonds is 37. The van der Waals surface area contributed by atoms with Gasteiger partial charge in [0.15, 0.2) is 12.4 Å². The Hall–Kier alpha value is -8.24. The zero-order chi connectivity index (χ0) is 77.0. The van der Waals surface area contributed by atoms with Crippen LogP contribution in [0.4, 0.5) is 10.5 Å². The minimum atomic E-state index is -2.08. The number of likely N-dealkylation sites (tertiary alicyclic amines) is 2. The Morgan fingerprint density at radius 2 is 1.38 bits per heavy atom. The van der Waals surface area contributed by atoms with E-state index in [0.29, 0.717) is 41.8 Å². The molecule has 0 radical (unpaired) electrons. The Morgan fingerprint density at radius 3 is 1.95 bits per heavy atom. The minimum Gasteiger partial charge on any atom is -0.479 e. The van der Waals surface area contributed by atoms with Crippen molar-refractivity contribution >= 4 is 76.8 Å². The highest BCUT2D eigenvalue weighted by atomic mass is 16.7. The zero-order valence-electron chi connectivity index (χ0n) is 61.6. The highest BCUT2D eigenvalue weighted by Crippen LogP contribution is 2.31. The van der Waals surface area contributed by atoms with E-state index < -0.39 is 200 Å². The lowest BCUT2D eigenvalue weighted by atomic mass is 9.89. The molecule has 3 aliphatic heterocycles. The van der Waals surface area contributed by atoms with Gasteiger partial charge < -0.3 is 90.9 Å². The first-order valence-corrected chi connectivity index (χ1v) is 34.4. The van der Waals surface area contributed by atoms with Crippen molar-refractivity contribution < 1.29 is 108 Å². The van der Waals surface area contributed by atoms with Crippen LogP contribution in [0.25, 0.3) is 0 Å². The average molecular weight is 1440 g/mol. The number of imide groups is 1. The average Bonchev–Trinajstić information content (AvgIpc) is 1.70. The number of nitrogens with one attached hydrogen (secondary N) is 6. The highest BCUT2D eigenvalue weighted by molar-refractivity contribution is 6.04. The fourth-order valence-corrected chi connectivity index (χ4v) is 12.7. The molecule has 3 saturated heterocycles. The topological polar surface area (TPSA) is 437 Å². The molecule has 1 unspecified atom stereocenters. The number of methoxy groups -OCH3 is 2. The van der Waals surface area contributed by atoms with Gasteiger partial charge in [-0.2, -0.15) is 0 Å². The van der Waals surface area contributed by atoms with Gasteiger partial charge in [-0.3, -0.25) is 57.7 Å². The number of aliphatic hydroxyl groups excluding tert-OH is 4. The minimum absolute atomic E-state index is 0.107. The quantitative estimate of drug-likeness (QED) is 0.0415. The number of benzene rings is 2. The van der Waals surface area contributed by atoms with Crippen LogP contribution in [0.1, 0.15) is 133 Å². The van der Waals surface area contributed by atoms with Gasteiger partial charge in [0.2, 0.25) is 59.1 Å². The summed E-state index contributed by atoms with van der Waals surface area (Å²) >= 11 is 0. The summed E-state index contributed by atoms with van der Waals surface area (Å²) in [6, 6.07) is 7.64. The van der Waals surface area contributed by atoms with Gasteiger partial charge >= 0.3 is 12.1 Å². The standard InChI is InChI=1S/C70H106N10O22/c1-15-39(8)56(47(98-13)32-52(85)79-31-19-22-46(79)61(99-14)40(9)63(90)72-41(10)57(86)43-20-17-16-18-21-43)77(11)67(94)54(37(4)5)76-66(93)55(38(6)7)78(12)70(97)101-34-42-23-25-44(26-24-42)73-64(91)45(35-100-69-60(89)58(87)59(88)62(102-69)68(95)96)74-65(92)53(36(2)3)75-48(81)29-30-71-49(82)33-80-50(83)27-28-51(80)84/h16-18,20-21,23-26,36-41,45-47,53-62,69,86-89H,15,19,22,27-35H2,1-14H3,(H,71,82)(H,72,90)(H,73,91)(H,74,92)(H,75,81)(H,76,93)(H,95,96)/t39-,40+,41+,45-,46-,47+,53-,54-,55-,56-,57+,58-,59-,60+,61+,62-,69+/m0/s1/i27T/t27?,39-,40+,41+,45-,46-,47+,53-,54-,55-,56-,57+,58-,59-,60+,61+,62-,69+. The molecule has 11 N–H and O–H groups in total. The summed E-state index contributed by atoms with van der Waals surface area (Å²) in [5, 5.41) is 67.7. The van der Waals surface area contributed by atoms with Gasteiger partial charge in [0, 0.05) is 67.7 Å². The van der Waals surface area contributed by atoms with Gasteiger partial charge in [-0.1, -0.05) is 111 Å². The number of carbonyl (C=O) groups excluding carboxylic acids is 11. The van der Waals surface area contributed by atoms with Gasteiger partial charge in [0.25, 0.3) is 0 Å². The first kappa shape index (κ1) is 82.7. The maximum Gasteiger partial charge on any atom is 0.410 e. The number of carboxylic acids is 1. The number of hydrogen-bond acceptors (Lipinski definition) is 21. The SMILES string of the molecule is [3H]C1CC(=O)N(CC(=O)NCCC(=O)N[C@H](C(=O)N[C@@H](CO[C@@H]2O[C@H](C(=O)O)[C@@H](O)[C@H](O)[C@H]2O)C(=O)Nc2ccc(COC(=O)N(C)[C@H](C(=O)N[C@H](C(=O)N(C)[C@@H]([C@@H](C)CC)[C@@H](CC(=O)N3CCC[C@H]3[C@H](OC)[C@@H](C)C(=O)N[C@H](C)[C@@H](O)c3ccccc3)OC)C(C)C)C(C)C)cc2)C(C)C)C1=O. The molecule has 3 fully saturated rings. The van der Waals surface area contributed by atoms with Crippen molar-refractivity contribution in [3.8, 4) is 0 Å². The monoisotopic (exact) mass is 1440 g/mol. The third-order valence-corrected chi connectivity index (χ3v) is 18.8. The number of aliphatic hydroxyl groups is 4. The van der Waals surface area contributed by atoms with Crippen molar-refractivity contribution in [2.75, 3.05) is 59.9 Å². The van der Waals surface area contributed by atoms with Crippen molar-refractivity contribution in [2.24, 2.45) is 29.6 Å². The van der Waals surface area contributed by atoms with E-state index in [1.807, 2.05) is 19.9 Å². The van der Waals surface area contributed by atoms with Crippen LogP contribution in [0.3, 0.4) is 0 Å². The fourth-order valence-electron chi connectivity index (χ4n) is 12.7. The molecule has 0 bridgehead atoms. The molecule has 18 atom stereocenters. The largest absolute Gasteiger partial charge is 0.479 e. The van der Waals surface area contributed by atoms with E-state index in [1.54, 1.807) is 91.6 Å². The number of carbonyl (C=O) groups is 12. The van der Waals surface area contributed by atoms with E-state index in [4.69, 9.17) is 25.1 Å². The normalized spacial score (nSPS) is 22.5. The second-order valence-corrected chi connectivity index (χ2v) is 27.3. The first-order valence-electron chi connectivity index (χ1n) is 35.0. The molecular formula is C70H106N10O22. The van der Waals surface area contributed by atoms with Crippen molar-refractivity contribution in [1.82, 2.24) is 46.2 Å².